The molecule has 0 aliphatic rings. The number of alkyl halides is 3. The number of nitrogens with two attached hydrogens (primary N) is 1. The van der Waals surface area contributed by atoms with E-state index in [2.05, 4.69) is 4.98 Å². The third kappa shape index (κ3) is 3.72. The van der Waals surface area contributed by atoms with Gasteiger partial charge in [-0.15, -0.1) is 0 Å². The van der Waals surface area contributed by atoms with Crippen LogP contribution in [0.1, 0.15) is 30.3 Å². The molecule has 0 fully saturated rings. The molecule has 0 saturated carbocycles. The summed E-state index contributed by atoms with van der Waals surface area (Å²) in [6.07, 6.45) is -5.40. The Labute approximate surface area is 120 Å². The molecule has 1 heterocycles. The normalized spacial score (nSPS) is 14.5. The van der Waals surface area contributed by atoms with Crippen LogP contribution in [0.15, 0.2) is 48.7 Å². The third-order valence-corrected chi connectivity index (χ3v) is 2.91. The van der Waals surface area contributed by atoms with E-state index in [-0.39, 0.29) is 11.4 Å². The van der Waals surface area contributed by atoms with Gasteiger partial charge in [0.15, 0.2) is 0 Å². The van der Waals surface area contributed by atoms with Gasteiger partial charge in [-0.2, -0.15) is 13.2 Å². The zero-order valence-corrected chi connectivity index (χ0v) is 11.3. The molecule has 2 aromatic rings. The van der Waals surface area contributed by atoms with Crippen LogP contribution in [0.4, 0.5) is 13.2 Å². The first-order chi connectivity index (χ1) is 9.89. The summed E-state index contributed by atoms with van der Waals surface area (Å²) in [7, 11) is 0. The molecule has 0 bridgehead atoms. The summed E-state index contributed by atoms with van der Waals surface area (Å²) in [6.45, 7) is 1.69. The van der Waals surface area contributed by atoms with E-state index in [9.17, 15) is 13.2 Å². The number of rotatable bonds is 4. The molecule has 6 heteroatoms. The molecular weight excluding hydrogens is 281 g/mol. The molecule has 2 rings (SSSR count). The summed E-state index contributed by atoms with van der Waals surface area (Å²) < 4.78 is 44.9. The second-order valence-electron chi connectivity index (χ2n) is 4.62. The number of hydrogen-bond acceptors (Lipinski definition) is 3. The minimum Gasteiger partial charge on any atom is -0.474 e. The second-order valence-corrected chi connectivity index (χ2v) is 4.62. The quantitative estimate of drug-likeness (QED) is 0.934. The van der Waals surface area contributed by atoms with Crippen LogP contribution in [0.3, 0.4) is 0 Å². The first-order valence-electron chi connectivity index (χ1n) is 6.38. The Hall–Kier alpha value is -2.08. The summed E-state index contributed by atoms with van der Waals surface area (Å²) in [5.74, 6) is 0.112. The minimum absolute atomic E-state index is 0.112. The van der Waals surface area contributed by atoms with Crippen LogP contribution >= 0.6 is 0 Å². The number of benzene rings is 1. The van der Waals surface area contributed by atoms with Gasteiger partial charge in [-0.3, -0.25) is 4.98 Å². The van der Waals surface area contributed by atoms with Gasteiger partial charge < -0.3 is 10.5 Å². The largest absolute Gasteiger partial charge is 0.474 e. The number of ether oxygens (including phenoxy) is 1. The SMILES string of the molecule is CC(N)c1ccccc1OC(c1ccccn1)C(F)(F)F. The molecule has 1 aromatic carbocycles. The van der Waals surface area contributed by atoms with E-state index < -0.39 is 18.3 Å². The van der Waals surface area contributed by atoms with Gasteiger partial charge in [-0.25, -0.2) is 0 Å². The fourth-order valence-electron chi connectivity index (χ4n) is 1.92. The topological polar surface area (TPSA) is 48.1 Å². The van der Waals surface area contributed by atoms with Crippen molar-refractivity contribution >= 4 is 0 Å². The van der Waals surface area contributed by atoms with Gasteiger partial charge in [0.2, 0.25) is 6.10 Å². The van der Waals surface area contributed by atoms with Gasteiger partial charge in [0.25, 0.3) is 0 Å². The van der Waals surface area contributed by atoms with E-state index in [1.807, 2.05) is 0 Å². The van der Waals surface area contributed by atoms with Gasteiger partial charge in [0.05, 0.1) is 5.69 Å². The molecule has 0 saturated heterocycles. The summed E-state index contributed by atoms with van der Waals surface area (Å²) in [6, 6.07) is 10.3. The highest BCUT2D eigenvalue weighted by Gasteiger charge is 2.44. The van der Waals surface area contributed by atoms with Gasteiger partial charge in [-0.1, -0.05) is 24.3 Å². The first-order valence-corrected chi connectivity index (χ1v) is 6.38. The Morgan fingerprint density at radius 2 is 1.76 bits per heavy atom. The van der Waals surface area contributed by atoms with Gasteiger partial charge in [0, 0.05) is 17.8 Å². The third-order valence-electron chi connectivity index (χ3n) is 2.91. The highest BCUT2D eigenvalue weighted by atomic mass is 19.4. The van der Waals surface area contributed by atoms with E-state index in [1.165, 1.54) is 24.4 Å². The van der Waals surface area contributed by atoms with Crippen molar-refractivity contribution in [1.82, 2.24) is 4.98 Å². The van der Waals surface area contributed by atoms with E-state index >= 15 is 0 Å². The molecule has 0 amide bonds. The molecule has 21 heavy (non-hydrogen) atoms. The maximum absolute atomic E-state index is 13.2. The molecule has 2 atom stereocenters. The predicted octanol–water partition coefficient (Wildman–Crippen LogP) is 3.78. The summed E-state index contributed by atoms with van der Waals surface area (Å²) >= 11 is 0. The van der Waals surface area contributed by atoms with Crippen LogP contribution < -0.4 is 10.5 Å². The molecule has 2 unspecified atom stereocenters. The van der Waals surface area contributed by atoms with Crippen LogP contribution in [0, 0.1) is 0 Å². The Kier molecular flexibility index (Phi) is 4.47. The predicted molar refractivity (Wildman–Crippen MR) is 72.7 cm³/mol. The van der Waals surface area contributed by atoms with Gasteiger partial charge in [-0.05, 0) is 25.1 Å². The van der Waals surface area contributed by atoms with E-state index in [4.69, 9.17) is 10.5 Å². The maximum Gasteiger partial charge on any atom is 0.431 e. The zero-order valence-electron chi connectivity index (χ0n) is 11.3. The molecule has 112 valence electrons. The molecule has 3 nitrogen and oxygen atoms in total. The van der Waals surface area contributed by atoms with E-state index in [1.54, 1.807) is 31.2 Å². The van der Waals surface area contributed by atoms with Crippen molar-refractivity contribution in [2.45, 2.75) is 25.2 Å². The Bertz CT molecular complexity index is 585. The number of nitrogens with zero attached hydrogens (tertiary/aromatic N) is 1. The Balaban J connectivity index is 2.37. The monoisotopic (exact) mass is 296 g/mol. The van der Waals surface area contributed by atoms with Crippen molar-refractivity contribution in [3.63, 3.8) is 0 Å². The first kappa shape index (κ1) is 15.3. The minimum atomic E-state index is -4.57. The number of hydrogen-bond donors (Lipinski definition) is 1. The fourth-order valence-corrected chi connectivity index (χ4v) is 1.92. The summed E-state index contributed by atoms with van der Waals surface area (Å²) in [4.78, 5) is 3.74. The van der Waals surface area contributed by atoms with Crippen molar-refractivity contribution in [3.8, 4) is 5.75 Å². The second kappa shape index (κ2) is 6.13. The van der Waals surface area contributed by atoms with E-state index in [0.29, 0.717) is 5.56 Å². The summed E-state index contributed by atoms with van der Waals surface area (Å²) in [5, 5.41) is 0. The van der Waals surface area contributed by atoms with Crippen molar-refractivity contribution in [2.75, 3.05) is 0 Å². The molecule has 1 aromatic heterocycles. The van der Waals surface area contributed by atoms with Crippen LogP contribution in [-0.2, 0) is 0 Å². The smallest absolute Gasteiger partial charge is 0.431 e. The van der Waals surface area contributed by atoms with Crippen LogP contribution in [0.25, 0.3) is 0 Å². The lowest BCUT2D eigenvalue weighted by atomic mass is 10.1. The average Bonchev–Trinajstić information content (AvgIpc) is 2.44. The highest BCUT2D eigenvalue weighted by molar-refractivity contribution is 5.36. The van der Waals surface area contributed by atoms with Crippen molar-refractivity contribution in [2.24, 2.45) is 5.73 Å². The standard InChI is InChI=1S/C15H15F3N2O/c1-10(19)11-6-2-3-8-13(11)21-14(15(16,17)18)12-7-4-5-9-20-12/h2-10,14H,19H2,1H3. The van der Waals surface area contributed by atoms with Crippen LogP contribution in [-0.4, -0.2) is 11.2 Å². The van der Waals surface area contributed by atoms with Gasteiger partial charge in [0.1, 0.15) is 5.75 Å². The molecule has 0 radical (unpaired) electrons. The lowest BCUT2D eigenvalue weighted by Gasteiger charge is -2.23. The fraction of sp³-hybridized carbons (Fsp3) is 0.267. The number of para-hydroxylation sites is 1. The zero-order chi connectivity index (χ0) is 15.5. The summed E-state index contributed by atoms with van der Waals surface area (Å²) in [5.41, 5.74) is 6.09. The van der Waals surface area contributed by atoms with Crippen molar-refractivity contribution in [1.29, 1.82) is 0 Å². The molecule has 2 N–H and O–H groups in total. The molecule has 0 aliphatic heterocycles. The van der Waals surface area contributed by atoms with Crippen LogP contribution in [0.2, 0.25) is 0 Å². The van der Waals surface area contributed by atoms with E-state index in [0.717, 1.165) is 0 Å². The van der Waals surface area contributed by atoms with Crippen molar-refractivity contribution < 1.29 is 17.9 Å². The van der Waals surface area contributed by atoms with Crippen LogP contribution in [0.5, 0.6) is 5.75 Å². The number of aromatic nitrogens is 1. The highest BCUT2D eigenvalue weighted by Crippen LogP contribution is 2.37. The lowest BCUT2D eigenvalue weighted by Crippen LogP contribution is -2.27. The Morgan fingerprint density at radius 1 is 1.10 bits per heavy atom. The molecular formula is C15H15F3N2O. The van der Waals surface area contributed by atoms with Crippen molar-refractivity contribution in [3.05, 3.63) is 59.9 Å². The van der Waals surface area contributed by atoms with Gasteiger partial charge >= 0.3 is 6.18 Å². The Morgan fingerprint density at radius 3 is 2.33 bits per heavy atom. The molecule has 0 spiro atoms. The maximum atomic E-state index is 13.2. The lowest BCUT2D eigenvalue weighted by molar-refractivity contribution is -0.199. The average molecular weight is 296 g/mol. The number of halogens is 3. The number of pyridine rings is 1. The molecule has 0 aliphatic carbocycles.